The average Bonchev–Trinajstić information content (AvgIpc) is 2.85. The number of aromatic nitrogens is 2. The second kappa shape index (κ2) is 5.46. The van der Waals surface area contributed by atoms with Gasteiger partial charge in [-0.15, -0.1) is 11.3 Å². The Balaban J connectivity index is 2.19. The molecule has 0 radical (unpaired) electrons. The zero-order chi connectivity index (χ0) is 12.3. The highest BCUT2D eigenvalue weighted by atomic mass is 79.9. The van der Waals surface area contributed by atoms with Crippen molar-refractivity contribution in [3.05, 3.63) is 33.2 Å². The Kier molecular flexibility index (Phi) is 3.96. The molecule has 1 atom stereocenters. The van der Waals surface area contributed by atoms with Crippen molar-refractivity contribution in [2.75, 3.05) is 17.7 Å². The Morgan fingerprint density at radius 2 is 2.12 bits per heavy atom. The molecule has 4 nitrogen and oxygen atoms in total. The summed E-state index contributed by atoms with van der Waals surface area (Å²) in [4.78, 5) is 9.63. The van der Waals surface area contributed by atoms with Gasteiger partial charge in [0.1, 0.15) is 22.4 Å². The third-order valence-electron chi connectivity index (χ3n) is 2.35. The van der Waals surface area contributed by atoms with Crippen LogP contribution in [-0.2, 0) is 0 Å². The van der Waals surface area contributed by atoms with Crippen LogP contribution in [0.15, 0.2) is 28.3 Å². The fourth-order valence-electron chi connectivity index (χ4n) is 1.46. The van der Waals surface area contributed by atoms with Crippen LogP contribution in [-0.4, -0.2) is 17.0 Å². The second-order valence-electron chi connectivity index (χ2n) is 3.52. The Bertz CT molecular complexity index is 486. The minimum absolute atomic E-state index is 0.228. The van der Waals surface area contributed by atoms with Crippen LogP contribution in [0.1, 0.15) is 17.8 Å². The second-order valence-corrected chi connectivity index (χ2v) is 5.29. The first-order valence-electron chi connectivity index (χ1n) is 5.20. The van der Waals surface area contributed by atoms with Crippen LogP contribution in [0.2, 0.25) is 0 Å². The van der Waals surface area contributed by atoms with Gasteiger partial charge in [-0.25, -0.2) is 9.97 Å². The molecule has 6 heteroatoms. The zero-order valence-electron chi connectivity index (χ0n) is 9.57. The van der Waals surface area contributed by atoms with Gasteiger partial charge < -0.3 is 10.6 Å². The van der Waals surface area contributed by atoms with E-state index in [-0.39, 0.29) is 6.04 Å². The lowest BCUT2D eigenvalue weighted by Gasteiger charge is -2.15. The highest BCUT2D eigenvalue weighted by Crippen LogP contribution is 2.29. The van der Waals surface area contributed by atoms with Crippen molar-refractivity contribution in [1.29, 1.82) is 0 Å². The molecule has 90 valence electrons. The summed E-state index contributed by atoms with van der Waals surface area (Å²) in [5.74, 6) is 1.58. The summed E-state index contributed by atoms with van der Waals surface area (Å²) in [6.45, 7) is 2.11. The van der Waals surface area contributed by atoms with Gasteiger partial charge in [-0.3, -0.25) is 0 Å². The van der Waals surface area contributed by atoms with Gasteiger partial charge in [0.05, 0.1) is 6.04 Å². The fourth-order valence-corrected chi connectivity index (χ4v) is 2.71. The van der Waals surface area contributed by atoms with E-state index in [0.717, 1.165) is 16.1 Å². The number of rotatable bonds is 4. The first-order valence-corrected chi connectivity index (χ1v) is 6.88. The SMILES string of the molecule is CNc1ncnc(NC(C)c2cccs2)c1Br. The molecule has 0 amide bonds. The summed E-state index contributed by atoms with van der Waals surface area (Å²) in [7, 11) is 1.83. The van der Waals surface area contributed by atoms with Crippen molar-refractivity contribution in [3.63, 3.8) is 0 Å². The predicted molar refractivity (Wildman–Crippen MR) is 75.6 cm³/mol. The van der Waals surface area contributed by atoms with Crippen LogP contribution in [0.3, 0.4) is 0 Å². The van der Waals surface area contributed by atoms with E-state index < -0.39 is 0 Å². The van der Waals surface area contributed by atoms with Gasteiger partial charge >= 0.3 is 0 Å². The van der Waals surface area contributed by atoms with Crippen molar-refractivity contribution < 1.29 is 0 Å². The monoisotopic (exact) mass is 312 g/mol. The van der Waals surface area contributed by atoms with Crippen LogP contribution >= 0.6 is 27.3 Å². The van der Waals surface area contributed by atoms with Gasteiger partial charge in [-0.05, 0) is 34.3 Å². The summed E-state index contributed by atoms with van der Waals surface area (Å²) in [5.41, 5.74) is 0. The predicted octanol–water partition coefficient (Wildman–Crippen LogP) is 3.52. The molecule has 2 aromatic rings. The molecule has 0 aliphatic rings. The molecule has 0 bridgehead atoms. The number of hydrogen-bond donors (Lipinski definition) is 2. The summed E-state index contributed by atoms with van der Waals surface area (Å²) < 4.78 is 0.853. The van der Waals surface area contributed by atoms with Gasteiger partial charge in [0, 0.05) is 11.9 Å². The fraction of sp³-hybridized carbons (Fsp3) is 0.273. The molecule has 0 spiro atoms. The molecule has 1 unspecified atom stereocenters. The lowest BCUT2D eigenvalue weighted by molar-refractivity contribution is 0.891. The molecule has 17 heavy (non-hydrogen) atoms. The first-order chi connectivity index (χ1) is 8.22. The Labute approximate surface area is 113 Å². The summed E-state index contributed by atoms with van der Waals surface area (Å²) >= 11 is 5.22. The number of anilines is 2. The summed E-state index contributed by atoms with van der Waals surface area (Å²) in [6, 6.07) is 4.38. The molecular weight excluding hydrogens is 300 g/mol. The van der Waals surface area contributed by atoms with Crippen molar-refractivity contribution in [2.24, 2.45) is 0 Å². The number of nitrogens with one attached hydrogen (secondary N) is 2. The number of halogens is 1. The normalized spacial score (nSPS) is 12.2. The van der Waals surface area contributed by atoms with E-state index in [1.54, 1.807) is 17.7 Å². The van der Waals surface area contributed by atoms with E-state index >= 15 is 0 Å². The zero-order valence-corrected chi connectivity index (χ0v) is 12.0. The molecule has 0 saturated carbocycles. The van der Waals surface area contributed by atoms with Crippen LogP contribution in [0.5, 0.6) is 0 Å². The maximum Gasteiger partial charge on any atom is 0.146 e. The average molecular weight is 313 g/mol. The maximum atomic E-state index is 4.23. The van der Waals surface area contributed by atoms with E-state index in [4.69, 9.17) is 0 Å². The number of hydrogen-bond acceptors (Lipinski definition) is 5. The Morgan fingerprint density at radius 3 is 2.76 bits per heavy atom. The lowest BCUT2D eigenvalue weighted by atomic mass is 10.3. The van der Waals surface area contributed by atoms with Crippen molar-refractivity contribution in [2.45, 2.75) is 13.0 Å². The molecule has 0 fully saturated rings. The standard InChI is InChI=1S/C11H13BrN4S/c1-7(8-4-3-5-17-8)16-11-9(12)10(13-2)14-6-15-11/h3-7H,1-2H3,(H2,13,14,15,16). The van der Waals surface area contributed by atoms with E-state index in [1.165, 1.54) is 4.88 Å². The summed E-state index contributed by atoms with van der Waals surface area (Å²) in [6.07, 6.45) is 1.54. The number of thiophene rings is 1. The van der Waals surface area contributed by atoms with Crippen molar-refractivity contribution in [3.8, 4) is 0 Å². The van der Waals surface area contributed by atoms with Crippen molar-refractivity contribution in [1.82, 2.24) is 9.97 Å². The highest BCUT2D eigenvalue weighted by Gasteiger charge is 2.11. The van der Waals surface area contributed by atoms with Gasteiger partial charge in [0.25, 0.3) is 0 Å². The van der Waals surface area contributed by atoms with Crippen LogP contribution < -0.4 is 10.6 Å². The Hall–Kier alpha value is -1.14. The molecule has 0 saturated heterocycles. The van der Waals surface area contributed by atoms with Gasteiger partial charge in [0.2, 0.25) is 0 Å². The minimum Gasteiger partial charge on any atom is -0.372 e. The quantitative estimate of drug-likeness (QED) is 0.907. The molecule has 2 heterocycles. The Morgan fingerprint density at radius 1 is 1.35 bits per heavy atom. The topological polar surface area (TPSA) is 49.8 Å². The van der Waals surface area contributed by atoms with Gasteiger partial charge in [-0.2, -0.15) is 0 Å². The third kappa shape index (κ3) is 2.76. The van der Waals surface area contributed by atoms with E-state index in [2.05, 4.69) is 54.9 Å². The molecular formula is C11H13BrN4S. The number of nitrogens with zero attached hydrogens (tertiary/aromatic N) is 2. The molecule has 2 N–H and O–H groups in total. The van der Waals surface area contributed by atoms with Crippen LogP contribution in [0.4, 0.5) is 11.6 Å². The van der Waals surface area contributed by atoms with Gasteiger partial charge in [-0.1, -0.05) is 6.07 Å². The molecule has 0 aliphatic heterocycles. The summed E-state index contributed by atoms with van der Waals surface area (Å²) in [5, 5.41) is 8.44. The molecule has 0 aromatic carbocycles. The largest absolute Gasteiger partial charge is 0.372 e. The first kappa shape index (κ1) is 12.3. The smallest absolute Gasteiger partial charge is 0.146 e. The minimum atomic E-state index is 0.228. The van der Waals surface area contributed by atoms with Gasteiger partial charge in [0.15, 0.2) is 0 Å². The van der Waals surface area contributed by atoms with E-state index in [9.17, 15) is 0 Å². The molecule has 2 aromatic heterocycles. The molecule has 0 aliphatic carbocycles. The lowest BCUT2D eigenvalue weighted by Crippen LogP contribution is -2.08. The maximum absolute atomic E-state index is 4.23. The van der Waals surface area contributed by atoms with Crippen LogP contribution in [0.25, 0.3) is 0 Å². The third-order valence-corrected chi connectivity index (χ3v) is 4.16. The highest BCUT2D eigenvalue weighted by molar-refractivity contribution is 9.10. The van der Waals surface area contributed by atoms with Crippen molar-refractivity contribution >= 4 is 38.9 Å². The van der Waals surface area contributed by atoms with E-state index in [1.807, 2.05) is 13.1 Å². The van der Waals surface area contributed by atoms with E-state index in [0.29, 0.717) is 0 Å². The van der Waals surface area contributed by atoms with Crippen LogP contribution in [0, 0.1) is 0 Å². The molecule has 2 rings (SSSR count).